The van der Waals surface area contributed by atoms with Crippen molar-refractivity contribution in [1.29, 1.82) is 0 Å². The summed E-state index contributed by atoms with van der Waals surface area (Å²) < 4.78 is 6.04. The molecule has 3 fully saturated rings. The molecule has 0 bridgehead atoms. The van der Waals surface area contributed by atoms with Crippen LogP contribution in [-0.2, 0) is 4.74 Å². The van der Waals surface area contributed by atoms with Crippen molar-refractivity contribution < 1.29 is 4.74 Å². The first-order valence-corrected chi connectivity index (χ1v) is 9.96. The normalized spacial score (nSPS) is 31.0. The molecule has 2 aliphatic carbocycles. The molecule has 1 spiro atoms. The van der Waals surface area contributed by atoms with Crippen LogP contribution in [-0.4, -0.2) is 37.8 Å². The Bertz CT molecular complexity index is 611. The van der Waals surface area contributed by atoms with Crippen LogP contribution in [0.4, 0.5) is 0 Å². The van der Waals surface area contributed by atoms with Gasteiger partial charge in [0.25, 0.3) is 0 Å². The van der Waals surface area contributed by atoms with Crippen molar-refractivity contribution in [3.05, 3.63) is 35.9 Å². The summed E-state index contributed by atoms with van der Waals surface area (Å²) in [5.41, 5.74) is 1.74. The zero-order chi connectivity index (χ0) is 17.3. The van der Waals surface area contributed by atoms with Crippen LogP contribution < -0.4 is 10.6 Å². The van der Waals surface area contributed by atoms with Gasteiger partial charge in [-0.25, -0.2) is 0 Å². The maximum atomic E-state index is 6.04. The average molecular weight is 341 g/mol. The van der Waals surface area contributed by atoms with Crippen LogP contribution in [0.25, 0.3) is 0 Å². The molecule has 1 aliphatic heterocycles. The number of hydrogen-bond acceptors (Lipinski definition) is 2. The van der Waals surface area contributed by atoms with Crippen LogP contribution in [0.5, 0.6) is 0 Å². The Labute approximate surface area is 151 Å². The molecule has 4 rings (SSSR count). The lowest BCUT2D eigenvalue weighted by atomic mass is 9.46. The minimum Gasteiger partial charge on any atom is -0.377 e. The number of benzene rings is 1. The molecule has 1 heterocycles. The summed E-state index contributed by atoms with van der Waals surface area (Å²) in [5, 5.41) is 7.24. The van der Waals surface area contributed by atoms with Gasteiger partial charge in [0.05, 0.1) is 6.10 Å². The summed E-state index contributed by atoms with van der Waals surface area (Å²) in [4.78, 5) is 4.90. The Morgan fingerprint density at radius 1 is 1.32 bits per heavy atom. The van der Waals surface area contributed by atoms with Crippen LogP contribution in [0, 0.1) is 11.3 Å². The van der Waals surface area contributed by atoms with E-state index in [1.54, 1.807) is 0 Å². The number of hydrogen-bond donors (Lipinski definition) is 2. The van der Waals surface area contributed by atoms with Crippen molar-refractivity contribution in [3.8, 4) is 0 Å². The summed E-state index contributed by atoms with van der Waals surface area (Å²) in [5.74, 6) is 2.08. The van der Waals surface area contributed by atoms with Crippen LogP contribution in [0.1, 0.15) is 51.0 Å². The summed E-state index contributed by atoms with van der Waals surface area (Å²) in [6.07, 6.45) is 5.68. The van der Waals surface area contributed by atoms with Crippen molar-refractivity contribution >= 4 is 5.96 Å². The summed E-state index contributed by atoms with van der Waals surface area (Å²) in [6.45, 7) is 7.03. The molecule has 4 atom stereocenters. The third-order valence-corrected chi connectivity index (χ3v) is 6.56. The molecule has 136 valence electrons. The maximum absolute atomic E-state index is 6.04. The lowest BCUT2D eigenvalue weighted by Gasteiger charge is -2.63. The molecule has 1 saturated heterocycles. The van der Waals surface area contributed by atoms with Crippen LogP contribution in [0.15, 0.2) is 35.3 Å². The molecule has 2 saturated carbocycles. The van der Waals surface area contributed by atoms with Gasteiger partial charge in [-0.15, -0.1) is 0 Å². The minimum atomic E-state index is 0.391. The van der Waals surface area contributed by atoms with Gasteiger partial charge in [-0.05, 0) is 31.7 Å². The van der Waals surface area contributed by atoms with Gasteiger partial charge in [-0.3, -0.25) is 4.99 Å². The van der Waals surface area contributed by atoms with E-state index in [1.807, 2.05) is 0 Å². The van der Waals surface area contributed by atoms with Gasteiger partial charge < -0.3 is 15.4 Å². The first kappa shape index (κ1) is 16.9. The van der Waals surface area contributed by atoms with E-state index >= 15 is 0 Å². The van der Waals surface area contributed by atoms with E-state index in [0.717, 1.165) is 25.7 Å². The molecule has 2 N–H and O–H groups in total. The molecule has 0 aromatic heterocycles. The van der Waals surface area contributed by atoms with Gasteiger partial charge in [0, 0.05) is 43.0 Å². The fourth-order valence-corrected chi connectivity index (χ4v) is 5.04. The third-order valence-electron chi connectivity index (χ3n) is 6.56. The molecule has 3 aliphatic rings. The Morgan fingerprint density at radius 2 is 2.12 bits per heavy atom. The molecule has 0 radical (unpaired) electrons. The van der Waals surface area contributed by atoms with Crippen molar-refractivity contribution in [3.63, 3.8) is 0 Å². The molecular formula is C21H31N3O. The smallest absolute Gasteiger partial charge is 0.191 e. The summed E-state index contributed by atoms with van der Waals surface area (Å²) in [6, 6.07) is 11.2. The van der Waals surface area contributed by atoms with Crippen LogP contribution in [0.2, 0.25) is 0 Å². The highest BCUT2D eigenvalue weighted by atomic mass is 16.5. The topological polar surface area (TPSA) is 45.7 Å². The van der Waals surface area contributed by atoms with E-state index < -0.39 is 0 Å². The number of guanidine groups is 1. The fourth-order valence-electron chi connectivity index (χ4n) is 5.04. The summed E-state index contributed by atoms with van der Waals surface area (Å²) >= 11 is 0. The predicted molar refractivity (Wildman–Crippen MR) is 102 cm³/mol. The highest BCUT2D eigenvalue weighted by Gasteiger charge is 2.66. The molecule has 4 nitrogen and oxygen atoms in total. The zero-order valence-electron chi connectivity index (χ0n) is 15.5. The highest BCUT2D eigenvalue weighted by Crippen LogP contribution is 2.62. The third kappa shape index (κ3) is 2.95. The van der Waals surface area contributed by atoms with Gasteiger partial charge >= 0.3 is 0 Å². The monoisotopic (exact) mass is 341 g/mol. The second-order valence-corrected chi connectivity index (χ2v) is 7.98. The van der Waals surface area contributed by atoms with Gasteiger partial charge in [0.2, 0.25) is 0 Å². The van der Waals surface area contributed by atoms with Crippen LogP contribution in [0.3, 0.4) is 0 Å². The van der Waals surface area contributed by atoms with Gasteiger partial charge in [-0.1, -0.05) is 43.7 Å². The van der Waals surface area contributed by atoms with E-state index in [-0.39, 0.29) is 0 Å². The van der Waals surface area contributed by atoms with Crippen molar-refractivity contribution in [2.24, 2.45) is 16.3 Å². The van der Waals surface area contributed by atoms with E-state index in [0.29, 0.717) is 29.4 Å². The molecule has 4 heteroatoms. The lowest BCUT2D eigenvalue weighted by Crippen LogP contribution is -2.72. The van der Waals surface area contributed by atoms with E-state index in [1.165, 1.54) is 31.2 Å². The Balaban J connectivity index is 1.42. The number of aliphatic imine (C=N–C) groups is 1. The van der Waals surface area contributed by atoms with E-state index in [9.17, 15) is 0 Å². The maximum Gasteiger partial charge on any atom is 0.191 e. The zero-order valence-corrected chi connectivity index (χ0v) is 15.5. The molecule has 0 amide bonds. The summed E-state index contributed by atoms with van der Waals surface area (Å²) in [7, 11) is 0. The molecular weight excluding hydrogens is 310 g/mol. The van der Waals surface area contributed by atoms with Crippen molar-refractivity contribution in [2.45, 2.75) is 57.6 Å². The average Bonchev–Trinajstić information content (AvgIpc) is 3.01. The quantitative estimate of drug-likeness (QED) is 0.638. The second kappa shape index (κ2) is 6.99. The fraction of sp³-hybridized carbons (Fsp3) is 0.667. The molecule has 1 aromatic carbocycles. The lowest BCUT2D eigenvalue weighted by molar-refractivity contribution is -0.171. The van der Waals surface area contributed by atoms with Crippen molar-refractivity contribution in [2.75, 3.05) is 19.7 Å². The number of fused-ring (bicyclic) bond motifs is 2. The number of ether oxygens (including phenoxy) is 1. The second-order valence-electron chi connectivity index (χ2n) is 7.98. The molecule has 25 heavy (non-hydrogen) atoms. The van der Waals surface area contributed by atoms with Gasteiger partial charge in [-0.2, -0.15) is 0 Å². The van der Waals surface area contributed by atoms with E-state index in [4.69, 9.17) is 9.73 Å². The predicted octanol–water partition coefficient (Wildman–Crippen LogP) is 3.30. The SMILES string of the molecule is CCNC(=NCC(C)c1ccccc1)NC1C2CCOC2C12CCC2. The van der Waals surface area contributed by atoms with Crippen LogP contribution >= 0.6 is 0 Å². The Hall–Kier alpha value is -1.55. The Kier molecular flexibility index (Phi) is 4.72. The molecule has 4 unspecified atom stereocenters. The molecule has 1 aromatic rings. The number of rotatable bonds is 5. The highest BCUT2D eigenvalue weighted by molar-refractivity contribution is 5.80. The van der Waals surface area contributed by atoms with Crippen molar-refractivity contribution in [1.82, 2.24) is 10.6 Å². The minimum absolute atomic E-state index is 0.391. The first-order valence-electron chi connectivity index (χ1n) is 9.96. The first-order chi connectivity index (χ1) is 12.2. The van der Waals surface area contributed by atoms with Gasteiger partial charge in [0.1, 0.15) is 0 Å². The number of nitrogens with one attached hydrogen (secondary N) is 2. The number of nitrogens with zero attached hydrogens (tertiary/aromatic N) is 1. The Morgan fingerprint density at radius 3 is 2.80 bits per heavy atom. The van der Waals surface area contributed by atoms with Gasteiger partial charge in [0.15, 0.2) is 5.96 Å². The van der Waals surface area contributed by atoms with E-state index in [2.05, 4.69) is 54.8 Å². The standard InChI is InChI=1S/C21H31N3O/c1-3-22-20(23-14-15(2)16-8-5-4-6-9-16)24-18-17-10-13-25-19(17)21(18)11-7-12-21/h4-6,8-9,15,17-19H,3,7,10-14H2,1-2H3,(H2,22,23,24). The largest absolute Gasteiger partial charge is 0.377 e.